The van der Waals surface area contributed by atoms with Gasteiger partial charge in [-0.15, -0.1) is 0 Å². The Balaban J connectivity index is 1.58. The van der Waals surface area contributed by atoms with Crippen LogP contribution in [0.3, 0.4) is 0 Å². The lowest BCUT2D eigenvalue weighted by molar-refractivity contribution is -0.116. The number of hydrogen-bond donors (Lipinski definition) is 2. The molecule has 1 heterocycles. The molecule has 168 valence electrons. The molecule has 0 saturated carbocycles. The summed E-state index contributed by atoms with van der Waals surface area (Å²) in [6.45, 7) is 2.57. The molecule has 2 aliphatic rings. The highest BCUT2D eigenvalue weighted by Crippen LogP contribution is 2.44. The quantitative estimate of drug-likeness (QED) is 0.504. The fourth-order valence-electron chi connectivity index (χ4n) is 4.82. The molecule has 33 heavy (non-hydrogen) atoms. The van der Waals surface area contributed by atoms with E-state index in [1.807, 2.05) is 67.6 Å². The lowest BCUT2D eigenvalue weighted by Gasteiger charge is -2.30. The minimum absolute atomic E-state index is 0.0968. The largest absolute Gasteiger partial charge is 0.497 e. The summed E-state index contributed by atoms with van der Waals surface area (Å²) in [5.74, 6) is 1.87. The summed E-state index contributed by atoms with van der Waals surface area (Å²) in [5, 5.41) is 7.22. The summed E-state index contributed by atoms with van der Waals surface area (Å²) in [6, 6.07) is 23.9. The Morgan fingerprint density at radius 2 is 1.61 bits per heavy atom. The minimum Gasteiger partial charge on any atom is -0.497 e. The molecule has 0 unspecified atom stereocenters. The average Bonchev–Trinajstić information content (AvgIpc) is 3.01. The molecule has 0 fully saturated rings. The second-order valence-corrected chi connectivity index (χ2v) is 8.45. The third-order valence-electron chi connectivity index (χ3n) is 6.38. The van der Waals surface area contributed by atoms with E-state index < -0.39 is 0 Å². The molecular formula is C28H28N2O3. The normalized spacial score (nSPS) is 19.5. The molecule has 2 N–H and O–H groups in total. The van der Waals surface area contributed by atoms with Gasteiger partial charge >= 0.3 is 0 Å². The van der Waals surface area contributed by atoms with E-state index in [4.69, 9.17) is 9.47 Å². The Morgan fingerprint density at radius 1 is 0.879 bits per heavy atom. The van der Waals surface area contributed by atoms with Crippen molar-refractivity contribution in [2.45, 2.75) is 31.7 Å². The van der Waals surface area contributed by atoms with Crippen LogP contribution in [-0.4, -0.2) is 19.5 Å². The molecule has 2 atom stereocenters. The van der Waals surface area contributed by atoms with Crippen molar-refractivity contribution in [3.05, 3.63) is 95.2 Å². The first kappa shape index (κ1) is 21.1. The Hall–Kier alpha value is -3.73. The van der Waals surface area contributed by atoms with E-state index in [-0.39, 0.29) is 17.7 Å². The molecule has 0 bridgehead atoms. The summed E-state index contributed by atoms with van der Waals surface area (Å²) < 4.78 is 11.2. The minimum atomic E-state index is -0.254. The van der Waals surface area contributed by atoms with Gasteiger partial charge in [0.1, 0.15) is 11.5 Å². The van der Waals surface area contributed by atoms with Gasteiger partial charge in [-0.05, 0) is 66.8 Å². The highest BCUT2D eigenvalue weighted by molar-refractivity contribution is 6.01. The monoisotopic (exact) mass is 440 g/mol. The summed E-state index contributed by atoms with van der Waals surface area (Å²) in [5.41, 5.74) is 5.87. The summed E-state index contributed by atoms with van der Waals surface area (Å²) in [7, 11) is 1.67. The number of carbonyl (C=O) groups excluding carboxylic acids is 1. The SMILES string of the molecule is CCOc1cccc([C@@H]2Nc3ccccc3NC3=C2C(=O)C[C@@H](c2cccc(OC)c2)C3)c1. The predicted molar refractivity (Wildman–Crippen MR) is 131 cm³/mol. The number of ketones is 1. The number of methoxy groups -OCH3 is 1. The van der Waals surface area contributed by atoms with Gasteiger partial charge in [0, 0.05) is 17.7 Å². The summed E-state index contributed by atoms with van der Waals surface area (Å²) in [6.07, 6.45) is 1.22. The third-order valence-corrected chi connectivity index (χ3v) is 6.38. The molecule has 5 nitrogen and oxygen atoms in total. The number of anilines is 2. The first-order valence-corrected chi connectivity index (χ1v) is 11.4. The molecule has 0 spiro atoms. The third kappa shape index (κ3) is 4.19. The smallest absolute Gasteiger partial charge is 0.163 e. The number of benzene rings is 3. The van der Waals surface area contributed by atoms with Crippen LogP contribution >= 0.6 is 0 Å². The van der Waals surface area contributed by atoms with Gasteiger partial charge in [-0.3, -0.25) is 4.79 Å². The van der Waals surface area contributed by atoms with Crippen molar-refractivity contribution in [2.75, 3.05) is 24.4 Å². The van der Waals surface area contributed by atoms with Crippen LogP contribution in [0.4, 0.5) is 11.4 Å². The number of fused-ring (bicyclic) bond motifs is 1. The van der Waals surface area contributed by atoms with Gasteiger partial charge in [-0.25, -0.2) is 0 Å². The maximum absolute atomic E-state index is 13.7. The van der Waals surface area contributed by atoms with Crippen molar-refractivity contribution >= 4 is 17.2 Å². The number of hydrogen-bond acceptors (Lipinski definition) is 5. The fourth-order valence-corrected chi connectivity index (χ4v) is 4.82. The van der Waals surface area contributed by atoms with Gasteiger partial charge in [0.2, 0.25) is 0 Å². The molecule has 3 aromatic carbocycles. The zero-order valence-corrected chi connectivity index (χ0v) is 18.9. The van der Waals surface area contributed by atoms with Crippen LogP contribution in [0.15, 0.2) is 84.1 Å². The van der Waals surface area contributed by atoms with Crippen molar-refractivity contribution in [2.24, 2.45) is 0 Å². The first-order chi connectivity index (χ1) is 16.2. The van der Waals surface area contributed by atoms with Crippen LogP contribution in [0, 0.1) is 0 Å². The second kappa shape index (κ2) is 9.02. The molecule has 1 aliphatic carbocycles. The van der Waals surface area contributed by atoms with E-state index in [0.717, 1.165) is 51.7 Å². The Labute approximate surface area is 194 Å². The Morgan fingerprint density at radius 3 is 2.39 bits per heavy atom. The lowest BCUT2D eigenvalue weighted by atomic mass is 9.78. The summed E-state index contributed by atoms with van der Waals surface area (Å²) >= 11 is 0. The van der Waals surface area contributed by atoms with Gasteiger partial charge in [0.05, 0.1) is 31.1 Å². The van der Waals surface area contributed by atoms with Gasteiger partial charge in [-0.2, -0.15) is 0 Å². The number of ether oxygens (including phenoxy) is 2. The Kier molecular flexibility index (Phi) is 5.78. The molecule has 0 radical (unpaired) electrons. The fraction of sp³-hybridized carbons (Fsp3) is 0.250. The number of carbonyl (C=O) groups is 1. The molecule has 0 saturated heterocycles. The number of Topliss-reactive ketones (excluding diaryl/α,β-unsaturated/α-hetero) is 1. The predicted octanol–water partition coefficient (Wildman–Crippen LogP) is 6.07. The van der Waals surface area contributed by atoms with Crippen molar-refractivity contribution in [3.8, 4) is 11.5 Å². The van der Waals surface area contributed by atoms with E-state index in [2.05, 4.69) is 22.8 Å². The molecule has 0 amide bonds. The number of nitrogens with one attached hydrogen (secondary N) is 2. The second-order valence-electron chi connectivity index (χ2n) is 8.45. The van der Waals surface area contributed by atoms with Gasteiger partial charge in [0.25, 0.3) is 0 Å². The Bertz CT molecular complexity index is 1220. The topological polar surface area (TPSA) is 59.6 Å². The van der Waals surface area contributed by atoms with Crippen LogP contribution in [0.1, 0.15) is 42.9 Å². The van der Waals surface area contributed by atoms with Crippen molar-refractivity contribution in [1.82, 2.24) is 0 Å². The van der Waals surface area contributed by atoms with E-state index in [1.165, 1.54) is 0 Å². The van der Waals surface area contributed by atoms with Gasteiger partial charge in [0.15, 0.2) is 5.78 Å². The van der Waals surface area contributed by atoms with Crippen LogP contribution in [-0.2, 0) is 4.79 Å². The molecule has 5 heteroatoms. The average molecular weight is 441 g/mol. The standard InChI is InChI=1S/C28H28N2O3/c1-3-33-22-11-7-9-19(15-22)28-27-25(29-23-12-4-5-13-24(23)30-28)16-20(17-26(27)31)18-8-6-10-21(14-18)32-2/h4-15,20,28-30H,3,16-17H2,1-2H3/t20-,28-/m0/s1. The number of para-hydroxylation sites is 2. The zero-order valence-electron chi connectivity index (χ0n) is 18.9. The molecular weight excluding hydrogens is 412 g/mol. The van der Waals surface area contributed by atoms with Gasteiger partial charge < -0.3 is 20.1 Å². The number of rotatable bonds is 5. The molecule has 0 aromatic heterocycles. The van der Waals surface area contributed by atoms with E-state index in [1.54, 1.807) is 7.11 Å². The van der Waals surface area contributed by atoms with E-state index >= 15 is 0 Å². The van der Waals surface area contributed by atoms with E-state index in [9.17, 15) is 4.79 Å². The van der Waals surface area contributed by atoms with Crippen LogP contribution in [0.2, 0.25) is 0 Å². The maximum Gasteiger partial charge on any atom is 0.163 e. The summed E-state index contributed by atoms with van der Waals surface area (Å²) in [4.78, 5) is 13.7. The highest BCUT2D eigenvalue weighted by atomic mass is 16.5. The van der Waals surface area contributed by atoms with Crippen molar-refractivity contribution in [3.63, 3.8) is 0 Å². The first-order valence-electron chi connectivity index (χ1n) is 11.4. The highest BCUT2D eigenvalue weighted by Gasteiger charge is 2.36. The lowest BCUT2D eigenvalue weighted by Crippen LogP contribution is -2.26. The molecule has 1 aliphatic heterocycles. The van der Waals surface area contributed by atoms with Crippen LogP contribution < -0.4 is 20.1 Å². The zero-order chi connectivity index (χ0) is 22.8. The number of allylic oxidation sites excluding steroid dienone is 1. The van der Waals surface area contributed by atoms with Crippen molar-refractivity contribution in [1.29, 1.82) is 0 Å². The maximum atomic E-state index is 13.7. The van der Waals surface area contributed by atoms with Crippen LogP contribution in [0.5, 0.6) is 11.5 Å². The van der Waals surface area contributed by atoms with Gasteiger partial charge in [-0.1, -0.05) is 36.4 Å². The molecule has 5 rings (SSSR count). The molecule has 3 aromatic rings. The van der Waals surface area contributed by atoms with E-state index in [0.29, 0.717) is 13.0 Å². The van der Waals surface area contributed by atoms with Crippen LogP contribution in [0.25, 0.3) is 0 Å². The van der Waals surface area contributed by atoms with Crippen molar-refractivity contribution < 1.29 is 14.3 Å².